The first-order chi connectivity index (χ1) is 22.3. The predicted molar refractivity (Wildman–Crippen MR) is 186 cm³/mol. The number of aromatic nitrogens is 2. The summed E-state index contributed by atoms with van der Waals surface area (Å²) in [5, 5.41) is 5.04. The zero-order valence-corrected chi connectivity index (χ0v) is 24.5. The summed E-state index contributed by atoms with van der Waals surface area (Å²) in [5.74, 6) is 0.276. The van der Waals surface area contributed by atoms with Gasteiger partial charge in [-0.05, 0) is 80.7 Å². The van der Waals surface area contributed by atoms with Gasteiger partial charge in [-0.1, -0.05) is 97.1 Å². The molecule has 0 aliphatic carbocycles. The number of hydrogen-bond acceptors (Lipinski definition) is 4. The van der Waals surface area contributed by atoms with E-state index in [1.54, 1.807) is 0 Å². The number of aliphatic imine (C=N–C) groups is 1. The van der Waals surface area contributed by atoms with E-state index in [4.69, 9.17) is 15.0 Å². The minimum Gasteiger partial charge on any atom is -0.318 e. The van der Waals surface area contributed by atoms with Crippen LogP contribution in [0.2, 0.25) is 0 Å². The van der Waals surface area contributed by atoms with E-state index in [0.29, 0.717) is 0 Å². The molecule has 212 valence electrons. The van der Waals surface area contributed by atoms with E-state index in [1.807, 2.05) is 18.6 Å². The molecule has 2 unspecified atom stereocenters. The standard InChI is InChI=1S/C41H28N4/c1-2-7-34-28(6-1)11-12-30-24-29(15-20-35(30)34)32-17-22-39(44-26-32)38-21-16-31(25-43-38)27-13-18-33(19-14-27)45-40-10-4-3-8-36(40)37-9-5-23-42-41(37)45/h1-26,37,41H. The number of fused-ring (bicyclic) bond motifs is 6. The Bertz CT molecular complexity index is 2270. The lowest BCUT2D eigenvalue weighted by Crippen LogP contribution is -2.28. The van der Waals surface area contributed by atoms with Crippen LogP contribution in [0.5, 0.6) is 0 Å². The van der Waals surface area contributed by atoms with Gasteiger partial charge in [0.2, 0.25) is 0 Å². The number of rotatable bonds is 4. The van der Waals surface area contributed by atoms with Crippen LogP contribution in [0.4, 0.5) is 11.4 Å². The highest BCUT2D eigenvalue weighted by Gasteiger charge is 2.38. The molecule has 2 aromatic heterocycles. The van der Waals surface area contributed by atoms with Gasteiger partial charge in [-0.15, -0.1) is 0 Å². The van der Waals surface area contributed by atoms with E-state index in [1.165, 1.54) is 32.8 Å². The Morgan fingerprint density at radius 1 is 0.533 bits per heavy atom. The van der Waals surface area contributed by atoms with E-state index in [-0.39, 0.29) is 12.1 Å². The molecule has 0 radical (unpaired) electrons. The van der Waals surface area contributed by atoms with Crippen LogP contribution in [0.25, 0.3) is 55.2 Å². The molecular weight excluding hydrogens is 548 g/mol. The van der Waals surface area contributed by atoms with E-state index < -0.39 is 0 Å². The normalized spacial score (nSPS) is 16.7. The Labute approximate surface area is 261 Å². The van der Waals surface area contributed by atoms with Crippen LogP contribution in [0.3, 0.4) is 0 Å². The quantitative estimate of drug-likeness (QED) is 0.196. The molecule has 4 nitrogen and oxygen atoms in total. The van der Waals surface area contributed by atoms with Gasteiger partial charge in [0, 0.05) is 47.0 Å². The highest BCUT2D eigenvalue weighted by Crippen LogP contribution is 2.47. The third kappa shape index (κ3) is 4.34. The number of anilines is 2. The maximum Gasteiger partial charge on any atom is 0.135 e. The van der Waals surface area contributed by atoms with Crippen molar-refractivity contribution in [3.8, 4) is 33.6 Å². The molecule has 0 saturated carbocycles. The van der Waals surface area contributed by atoms with E-state index in [2.05, 4.69) is 144 Å². The van der Waals surface area contributed by atoms with Crippen molar-refractivity contribution in [3.05, 3.63) is 158 Å². The minimum atomic E-state index is 0.0552. The average Bonchev–Trinajstić information content (AvgIpc) is 3.46. The topological polar surface area (TPSA) is 41.4 Å². The second kappa shape index (κ2) is 10.4. The highest BCUT2D eigenvalue weighted by atomic mass is 15.3. The van der Waals surface area contributed by atoms with Crippen molar-refractivity contribution in [2.45, 2.75) is 12.1 Å². The zero-order valence-electron chi connectivity index (χ0n) is 24.5. The predicted octanol–water partition coefficient (Wildman–Crippen LogP) is 9.99. The summed E-state index contributed by atoms with van der Waals surface area (Å²) in [6, 6.07) is 45.3. The monoisotopic (exact) mass is 576 g/mol. The minimum absolute atomic E-state index is 0.0552. The first kappa shape index (κ1) is 25.6. The van der Waals surface area contributed by atoms with Gasteiger partial charge >= 0.3 is 0 Å². The molecule has 0 fully saturated rings. The van der Waals surface area contributed by atoms with Crippen LogP contribution in [-0.4, -0.2) is 22.3 Å². The molecule has 2 atom stereocenters. The zero-order chi connectivity index (χ0) is 29.7. The molecule has 7 aromatic rings. The first-order valence-corrected chi connectivity index (χ1v) is 15.3. The Balaban J connectivity index is 0.947. The SMILES string of the molecule is C1=CC2c3ccccc3N(c3ccc(-c4ccc(-c5ccc(-c6ccc7c(ccc8ccccc87)c6)cn5)nc4)cc3)C2N=C1. The Kier molecular flexibility index (Phi) is 5.91. The van der Waals surface area contributed by atoms with Crippen molar-refractivity contribution in [1.29, 1.82) is 0 Å². The Hall–Kier alpha value is -5.87. The van der Waals surface area contributed by atoms with Gasteiger partial charge in [0.1, 0.15) is 6.17 Å². The maximum absolute atomic E-state index is 4.83. The van der Waals surface area contributed by atoms with Gasteiger partial charge in [-0.2, -0.15) is 0 Å². The summed E-state index contributed by atoms with van der Waals surface area (Å²) in [6.07, 6.45) is 10.2. The number of benzene rings is 5. The lowest BCUT2D eigenvalue weighted by molar-refractivity contribution is 0.659. The first-order valence-electron chi connectivity index (χ1n) is 15.3. The fraction of sp³-hybridized carbons (Fsp3) is 0.0488. The largest absolute Gasteiger partial charge is 0.318 e. The summed E-state index contributed by atoms with van der Waals surface area (Å²) in [6.45, 7) is 0. The van der Waals surface area contributed by atoms with Crippen LogP contribution >= 0.6 is 0 Å². The van der Waals surface area contributed by atoms with Crippen LogP contribution in [0, 0.1) is 0 Å². The van der Waals surface area contributed by atoms with Crippen molar-refractivity contribution in [1.82, 2.24) is 9.97 Å². The van der Waals surface area contributed by atoms with Gasteiger partial charge in [0.05, 0.1) is 11.4 Å². The van der Waals surface area contributed by atoms with Gasteiger partial charge in [0.25, 0.3) is 0 Å². The molecule has 2 aliphatic heterocycles. The molecule has 0 spiro atoms. The highest BCUT2D eigenvalue weighted by molar-refractivity contribution is 6.08. The fourth-order valence-corrected chi connectivity index (χ4v) is 6.85. The van der Waals surface area contributed by atoms with Crippen molar-refractivity contribution < 1.29 is 0 Å². The van der Waals surface area contributed by atoms with Crippen LogP contribution in [-0.2, 0) is 0 Å². The number of pyridine rings is 2. The molecule has 0 N–H and O–H groups in total. The maximum atomic E-state index is 4.83. The van der Waals surface area contributed by atoms with Crippen molar-refractivity contribution in [2.75, 3.05) is 4.90 Å². The molecule has 0 bridgehead atoms. The third-order valence-corrected chi connectivity index (χ3v) is 9.13. The van der Waals surface area contributed by atoms with Gasteiger partial charge < -0.3 is 4.90 Å². The fourth-order valence-electron chi connectivity index (χ4n) is 6.85. The number of hydrogen-bond donors (Lipinski definition) is 0. The third-order valence-electron chi connectivity index (χ3n) is 9.13. The molecular formula is C41H28N4. The van der Waals surface area contributed by atoms with E-state index in [9.17, 15) is 0 Å². The number of dihydropyridines is 1. The van der Waals surface area contributed by atoms with Crippen molar-refractivity contribution in [2.24, 2.45) is 4.99 Å². The average molecular weight is 577 g/mol. The Morgan fingerprint density at radius 2 is 1.20 bits per heavy atom. The second-order valence-electron chi connectivity index (χ2n) is 11.7. The number of para-hydroxylation sites is 1. The van der Waals surface area contributed by atoms with E-state index >= 15 is 0 Å². The molecule has 9 rings (SSSR count). The molecule has 0 amide bonds. The molecule has 4 heteroatoms. The molecule has 5 aromatic carbocycles. The van der Waals surface area contributed by atoms with Crippen LogP contribution in [0.1, 0.15) is 11.5 Å². The number of nitrogens with zero attached hydrogens (tertiary/aromatic N) is 4. The van der Waals surface area contributed by atoms with Crippen LogP contribution in [0.15, 0.2) is 157 Å². The Morgan fingerprint density at radius 3 is 2.00 bits per heavy atom. The summed E-state index contributed by atoms with van der Waals surface area (Å²) in [5.41, 5.74) is 9.85. The molecule has 4 heterocycles. The van der Waals surface area contributed by atoms with Gasteiger partial charge in [-0.25, -0.2) is 0 Å². The summed E-state index contributed by atoms with van der Waals surface area (Å²) in [7, 11) is 0. The summed E-state index contributed by atoms with van der Waals surface area (Å²) >= 11 is 0. The van der Waals surface area contributed by atoms with Gasteiger partial charge in [0.15, 0.2) is 0 Å². The second-order valence-corrected chi connectivity index (χ2v) is 11.7. The molecule has 0 saturated heterocycles. The lowest BCUT2D eigenvalue weighted by atomic mass is 9.97. The van der Waals surface area contributed by atoms with Crippen molar-refractivity contribution in [3.63, 3.8) is 0 Å². The van der Waals surface area contributed by atoms with E-state index in [0.717, 1.165) is 39.3 Å². The molecule has 2 aliphatic rings. The molecule has 45 heavy (non-hydrogen) atoms. The van der Waals surface area contributed by atoms with Gasteiger partial charge in [-0.3, -0.25) is 15.0 Å². The summed E-state index contributed by atoms with van der Waals surface area (Å²) < 4.78 is 0. The van der Waals surface area contributed by atoms with Crippen molar-refractivity contribution >= 4 is 39.1 Å². The lowest BCUT2D eigenvalue weighted by Gasteiger charge is -2.27. The summed E-state index contributed by atoms with van der Waals surface area (Å²) in [4.78, 5) is 16.7. The smallest absolute Gasteiger partial charge is 0.135 e. The van der Waals surface area contributed by atoms with Crippen LogP contribution < -0.4 is 4.90 Å². The number of allylic oxidation sites excluding steroid dienone is 1.